The number of hydrogen-bond acceptors (Lipinski definition) is 1. The van der Waals surface area contributed by atoms with Gasteiger partial charge in [0.25, 0.3) is 0 Å². The van der Waals surface area contributed by atoms with Gasteiger partial charge in [-0.05, 0) is 37.7 Å². The summed E-state index contributed by atoms with van der Waals surface area (Å²) >= 11 is 0. The number of unbranched alkanes of at least 4 members (excludes halogenated alkanes) is 1. The minimum absolute atomic E-state index is 0.270. The molecule has 1 aliphatic carbocycles. The minimum atomic E-state index is -0.412. The standard InChI is InChI=1S/C13H21FO/c1-2-3-10-12(15)13(14)11-8-6-4-5-7-9-11/h2-10H2,1H3. The zero-order valence-corrected chi connectivity index (χ0v) is 9.65. The smallest absolute Gasteiger partial charge is 0.191 e. The van der Waals surface area contributed by atoms with Crippen molar-refractivity contribution >= 4 is 5.78 Å². The Labute approximate surface area is 91.8 Å². The molecule has 0 bridgehead atoms. The second-order valence-corrected chi connectivity index (χ2v) is 4.36. The fourth-order valence-electron chi connectivity index (χ4n) is 2.02. The van der Waals surface area contributed by atoms with Gasteiger partial charge < -0.3 is 0 Å². The van der Waals surface area contributed by atoms with Crippen LogP contribution in [0.1, 0.15) is 64.7 Å². The van der Waals surface area contributed by atoms with E-state index in [0.717, 1.165) is 44.1 Å². The van der Waals surface area contributed by atoms with Crippen LogP contribution in [-0.4, -0.2) is 5.78 Å². The zero-order valence-electron chi connectivity index (χ0n) is 9.65. The van der Waals surface area contributed by atoms with Crippen LogP contribution in [0.5, 0.6) is 0 Å². The molecule has 0 atom stereocenters. The van der Waals surface area contributed by atoms with Crippen LogP contribution in [0.15, 0.2) is 11.4 Å². The summed E-state index contributed by atoms with van der Waals surface area (Å²) in [6, 6.07) is 0. The molecule has 0 heterocycles. The third-order valence-corrected chi connectivity index (χ3v) is 3.02. The van der Waals surface area contributed by atoms with Crippen molar-refractivity contribution in [3.8, 4) is 0 Å². The highest BCUT2D eigenvalue weighted by Crippen LogP contribution is 2.26. The number of halogens is 1. The summed E-state index contributed by atoms with van der Waals surface area (Å²) in [7, 11) is 0. The highest BCUT2D eigenvalue weighted by atomic mass is 19.1. The first kappa shape index (κ1) is 12.4. The lowest BCUT2D eigenvalue weighted by atomic mass is 10.0. The molecule has 0 unspecified atom stereocenters. The largest absolute Gasteiger partial charge is 0.292 e. The molecule has 0 radical (unpaired) electrons. The molecule has 0 amide bonds. The van der Waals surface area contributed by atoms with Crippen LogP contribution in [0, 0.1) is 0 Å². The third kappa shape index (κ3) is 4.15. The number of Topliss-reactive ketones (excluding diaryl/α,β-unsaturated/α-hetero) is 1. The lowest BCUT2D eigenvalue weighted by Crippen LogP contribution is -2.02. The monoisotopic (exact) mass is 212 g/mol. The van der Waals surface area contributed by atoms with Gasteiger partial charge in [-0.3, -0.25) is 4.79 Å². The second-order valence-electron chi connectivity index (χ2n) is 4.36. The number of carbonyl (C=O) groups is 1. The lowest BCUT2D eigenvalue weighted by Gasteiger charge is -2.05. The average molecular weight is 212 g/mol. The molecule has 86 valence electrons. The van der Waals surface area contributed by atoms with Crippen molar-refractivity contribution < 1.29 is 9.18 Å². The summed E-state index contributed by atoms with van der Waals surface area (Å²) < 4.78 is 13.7. The van der Waals surface area contributed by atoms with Gasteiger partial charge in [0.1, 0.15) is 0 Å². The summed E-state index contributed by atoms with van der Waals surface area (Å²) in [5.74, 6) is -0.681. The topological polar surface area (TPSA) is 17.1 Å². The van der Waals surface area contributed by atoms with Crippen LogP contribution in [0.2, 0.25) is 0 Å². The number of carbonyl (C=O) groups excluding carboxylic acids is 1. The third-order valence-electron chi connectivity index (χ3n) is 3.02. The lowest BCUT2D eigenvalue weighted by molar-refractivity contribution is -0.117. The Hall–Kier alpha value is -0.660. The van der Waals surface area contributed by atoms with Gasteiger partial charge >= 0.3 is 0 Å². The van der Waals surface area contributed by atoms with Crippen LogP contribution in [-0.2, 0) is 4.79 Å². The number of rotatable bonds is 4. The fourth-order valence-corrected chi connectivity index (χ4v) is 2.02. The van der Waals surface area contributed by atoms with Gasteiger partial charge in [-0.15, -0.1) is 0 Å². The molecule has 15 heavy (non-hydrogen) atoms. The van der Waals surface area contributed by atoms with E-state index in [1.165, 1.54) is 12.8 Å². The predicted octanol–water partition coefficient (Wildman–Crippen LogP) is 4.32. The van der Waals surface area contributed by atoms with E-state index in [-0.39, 0.29) is 5.78 Å². The van der Waals surface area contributed by atoms with Gasteiger partial charge in [0, 0.05) is 6.42 Å². The van der Waals surface area contributed by atoms with E-state index in [0.29, 0.717) is 6.42 Å². The molecule has 1 fully saturated rings. The molecule has 0 N–H and O–H groups in total. The maximum absolute atomic E-state index is 13.7. The van der Waals surface area contributed by atoms with Gasteiger partial charge in [-0.1, -0.05) is 26.2 Å². The molecule has 0 aromatic carbocycles. The molecule has 1 rings (SSSR count). The van der Waals surface area contributed by atoms with E-state index in [1.54, 1.807) is 0 Å². The second kappa shape index (κ2) is 6.76. The number of allylic oxidation sites excluding steroid dienone is 2. The van der Waals surface area contributed by atoms with E-state index in [2.05, 4.69) is 0 Å². The van der Waals surface area contributed by atoms with E-state index >= 15 is 0 Å². The quantitative estimate of drug-likeness (QED) is 0.501. The highest BCUT2D eigenvalue weighted by Gasteiger charge is 2.15. The fraction of sp³-hybridized carbons (Fsp3) is 0.769. The van der Waals surface area contributed by atoms with E-state index in [9.17, 15) is 9.18 Å². The van der Waals surface area contributed by atoms with Crippen LogP contribution >= 0.6 is 0 Å². The number of hydrogen-bond donors (Lipinski definition) is 0. The summed E-state index contributed by atoms with van der Waals surface area (Å²) in [5, 5.41) is 0. The van der Waals surface area contributed by atoms with Crippen molar-refractivity contribution in [2.75, 3.05) is 0 Å². The maximum atomic E-state index is 13.7. The van der Waals surface area contributed by atoms with Crippen LogP contribution in [0.25, 0.3) is 0 Å². The Morgan fingerprint density at radius 1 is 1.20 bits per heavy atom. The zero-order chi connectivity index (χ0) is 11.1. The van der Waals surface area contributed by atoms with Crippen molar-refractivity contribution in [1.29, 1.82) is 0 Å². The van der Waals surface area contributed by atoms with Crippen molar-refractivity contribution in [3.63, 3.8) is 0 Å². The van der Waals surface area contributed by atoms with Crippen LogP contribution in [0.4, 0.5) is 4.39 Å². The van der Waals surface area contributed by atoms with E-state index in [4.69, 9.17) is 0 Å². The average Bonchev–Trinajstić information content (AvgIpc) is 2.53. The van der Waals surface area contributed by atoms with Gasteiger partial charge in [0.15, 0.2) is 11.6 Å². The Morgan fingerprint density at radius 3 is 2.33 bits per heavy atom. The molecule has 0 saturated heterocycles. The minimum Gasteiger partial charge on any atom is -0.292 e. The molecule has 1 aliphatic rings. The molecule has 0 aliphatic heterocycles. The van der Waals surface area contributed by atoms with Gasteiger partial charge in [-0.2, -0.15) is 0 Å². The molecule has 1 saturated carbocycles. The van der Waals surface area contributed by atoms with Gasteiger partial charge in [-0.25, -0.2) is 4.39 Å². The normalized spacial score (nSPS) is 17.3. The first-order valence-corrected chi connectivity index (χ1v) is 6.16. The first-order valence-electron chi connectivity index (χ1n) is 6.16. The molecular weight excluding hydrogens is 191 g/mol. The number of ketones is 1. The van der Waals surface area contributed by atoms with Gasteiger partial charge in [0.05, 0.1) is 0 Å². The summed E-state index contributed by atoms with van der Waals surface area (Å²) in [6.45, 7) is 2.02. The molecular formula is C13H21FO. The van der Waals surface area contributed by atoms with Crippen LogP contribution < -0.4 is 0 Å². The Morgan fingerprint density at radius 2 is 1.80 bits per heavy atom. The van der Waals surface area contributed by atoms with Crippen molar-refractivity contribution in [2.24, 2.45) is 0 Å². The van der Waals surface area contributed by atoms with E-state index < -0.39 is 5.83 Å². The van der Waals surface area contributed by atoms with Crippen molar-refractivity contribution in [1.82, 2.24) is 0 Å². The molecule has 0 aromatic heterocycles. The summed E-state index contributed by atoms with van der Waals surface area (Å²) in [4.78, 5) is 11.5. The SMILES string of the molecule is CCCCC(=O)C(F)=C1CCCCCC1. The Kier molecular flexibility index (Phi) is 5.59. The first-order chi connectivity index (χ1) is 7.25. The van der Waals surface area contributed by atoms with Crippen molar-refractivity contribution in [3.05, 3.63) is 11.4 Å². The molecule has 0 aromatic rings. The van der Waals surface area contributed by atoms with Gasteiger partial charge in [0.2, 0.25) is 0 Å². The summed E-state index contributed by atoms with van der Waals surface area (Å²) in [5.41, 5.74) is 0.786. The predicted molar refractivity (Wildman–Crippen MR) is 60.4 cm³/mol. The summed E-state index contributed by atoms with van der Waals surface area (Å²) in [6.07, 6.45) is 8.18. The molecule has 2 heteroatoms. The Bertz CT molecular complexity index is 233. The molecule has 1 nitrogen and oxygen atoms in total. The van der Waals surface area contributed by atoms with E-state index in [1.807, 2.05) is 6.92 Å². The van der Waals surface area contributed by atoms with Crippen molar-refractivity contribution in [2.45, 2.75) is 64.7 Å². The van der Waals surface area contributed by atoms with Crippen LogP contribution in [0.3, 0.4) is 0 Å². The molecule has 0 spiro atoms. The highest BCUT2D eigenvalue weighted by molar-refractivity contribution is 5.93. The Balaban J connectivity index is 2.56. The maximum Gasteiger partial charge on any atom is 0.191 e.